The number of hydrogen-bond acceptors (Lipinski definition) is 4. The second-order valence-corrected chi connectivity index (χ2v) is 15.9. The predicted molar refractivity (Wildman–Crippen MR) is 114 cm³/mol. The van der Waals surface area contributed by atoms with E-state index >= 15 is 0 Å². The zero-order chi connectivity index (χ0) is 20.3. The molecule has 4 nitrogen and oxygen atoms in total. The van der Waals surface area contributed by atoms with Gasteiger partial charge in [-0.25, -0.2) is 0 Å². The van der Waals surface area contributed by atoms with Crippen molar-refractivity contribution in [1.29, 1.82) is 5.26 Å². The third-order valence-corrected chi connectivity index (χ3v) is 10.7. The molecule has 0 bridgehead atoms. The zero-order valence-corrected chi connectivity index (χ0v) is 19.5. The SMILES string of the molecule is CC(C)(C)[S+]([O-])/N=C(/CO[Si](C)(C)C(C)(C)C)c1ccc(C#N)c(Cl)c1. The van der Waals surface area contributed by atoms with Crippen molar-refractivity contribution in [1.82, 2.24) is 0 Å². The fourth-order valence-corrected chi connectivity index (χ4v) is 3.44. The van der Waals surface area contributed by atoms with Gasteiger partial charge in [0, 0.05) is 5.56 Å². The van der Waals surface area contributed by atoms with E-state index in [1.807, 2.05) is 26.8 Å². The Morgan fingerprint density at radius 3 is 2.27 bits per heavy atom. The molecule has 0 N–H and O–H groups in total. The van der Waals surface area contributed by atoms with Crippen LogP contribution in [0.1, 0.15) is 52.7 Å². The van der Waals surface area contributed by atoms with Gasteiger partial charge in [-0.3, -0.25) is 0 Å². The number of nitriles is 1. The molecular formula is C19H29ClN2O2SSi. The number of halogens is 1. The van der Waals surface area contributed by atoms with E-state index in [2.05, 4.69) is 38.3 Å². The summed E-state index contributed by atoms with van der Waals surface area (Å²) in [5.74, 6) is 0. The van der Waals surface area contributed by atoms with E-state index in [9.17, 15) is 4.55 Å². The van der Waals surface area contributed by atoms with E-state index in [0.29, 0.717) is 16.3 Å². The second-order valence-electron chi connectivity index (χ2n) is 8.75. The zero-order valence-electron chi connectivity index (χ0n) is 16.9. The standard InChI is InChI=1S/C19H29ClN2O2SSi/c1-18(2,3)25(23)22-17(13-24-26(7,8)19(4,5)6)14-9-10-15(12-21)16(20)11-14/h9-11H,13H2,1-8H3/b22-17-. The molecule has 0 spiro atoms. The van der Waals surface area contributed by atoms with Crippen LogP contribution in [-0.4, -0.2) is 29.9 Å². The van der Waals surface area contributed by atoms with Crippen LogP contribution in [0.4, 0.5) is 0 Å². The fourth-order valence-electron chi connectivity index (χ4n) is 1.65. The summed E-state index contributed by atoms with van der Waals surface area (Å²) in [6.45, 7) is 16.7. The second kappa shape index (κ2) is 8.45. The van der Waals surface area contributed by atoms with Gasteiger partial charge in [0.2, 0.25) is 0 Å². The molecule has 0 aliphatic rings. The lowest BCUT2D eigenvalue weighted by Crippen LogP contribution is -2.42. The molecule has 0 saturated carbocycles. The monoisotopic (exact) mass is 412 g/mol. The Morgan fingerprint density at radius 1 is 1.27 bits per heavy atom. The van der Waals surface area contributed by atoms with Gasteiger partial charge in [0.05, 0.1) is 17.2 Å². The minimum absolute atomic E-state index is 0.0591. The molecule has 1 atom stereocenters. The smallest absolute Gasteiger partial charge is 0.192 e. The highest BCUT2D eigenvalue weighted by Crippen LogP contribution is 2.36. The molecule has 1 rings (SSSR count). The highest BCUT2D eigenvalue weighted by Gasteiger charge is 2.38. The van der Waals surface area contributed by atoms with Crippen molar-refractivity contribution in [3.8, 4) is 6.07 Å². The normalized spacial score (nSPS) is 14.9. The maximum Gasteiger partial charge on any atom is 0.192 e. The first kappa shape index (κ1) is 23.2. The minimum atomic E-state index is -1.99. The van der Waals surface area contributed by atoms with E-state index in [4.69, 9.17) is 21.3 Å². The van der Waals surface area contributed by atoms with Crippen LogP contribution in [0.3, 0.4) is 0 Å². The van der Waals surface area contributed by atoms with Crippen LogP contribution in [0.25, 0.3) is 0 Å². The number of benzene rings is 1. The van der Waals surface area contributed by atoms with Gasteiger partial charge in [-0.2, -0.15) is 5.26 Å². The molecule has 0 saturated heterocycles. The van der Waals surface area contributed by atoms with Crippen molar-refractivity contribution in [3.63, 3.8) is 0 Å². The van der Waals surface area contributed by atoms with E-state index in [1.54, 1.807) is 18.2 Å². The molecule has 0 heterocycles. The summed E-state index contributed by atoms with van der Waals surface area (Å²) in [4.78, 5) is 0. The van der Waals surface area contributed by atoms with Crippen molar-refractivity contribution < 1.29 is 8.98 Å². The molecule has 144 valence electrons. The molecular weight excluding hydrogens is 384 g/mol. The lowest BCUT2D eigenvalue weighted by Gasteiger charge is -2.36. The summed E-state index contributed by atoms with van der Waals surface area (Å²) in [7, 11) is -1.99. The number of nitrogens with zero attached hydrogens (tertiary/aromatic N) is 2. The van der Waals surface area contributed by atoms with Gasteiger partial charge < -0.3 is 8.98 Å². The van der Waals surface area contributed by atoms with Gasteiger partial charge in [-0.05, 0) is 51.0 Å². The highest BCUT2D eigenvalue weighted by molar-refractivity contribution is 7.91. The lowest BCUT2D eigenvalue weighted by molar-refractivity contribution is 0.340. The summed E-state index contributed by atoms with van der Waals surface area (Å²) in [6.07, 6.45) is 0. The first-order valence-corrected chi connectivity index (χ1v) is 12.9. The Hall–Kier alpha value is -0.843. The molecule has 0 aromatic heterocycles. The summed E-state index contributed by atoms with van der Waals surface area (Å²) in [5.41, 5.74) is 1.72. The van der Waals surface area contributed by atoms with Gasteiger partial charge in [0.25, 0.3) is 0 Å². The molecule has 0 fully saturated rings. The van der Waals surface area contributed by atoms with Crippen LogP contribution < -0.4 is 0 Å². The summed E-state index contributed by atoms with van der Waals surface area (Å²) < 4.78 is 22.8. The number of hydrogen-bond donors (Lipinski definition) is 0. The molecule has 0 aliphatic heterocycles. The molecule has 0 aliphatic carbocycles. The van der Waals surface area contributed by atoms with Crippen LogP contribution in [0, 0.1) is 11.3 Å². The fraction of sp³-hybridized carbons (Fsp3) is 0.579. The van der Waals surface area contributed by atoms with E-state index in [1.165, 1.54) is 0 Å². The maximum absolute atomic E-state index is 12.6. The molecule has 1 unspecified atom stereocenters. The Labute approximate surface area is 167 Å². The third kappa shape index (κ3) is 6.10. The largest absolute Gasteiger partial charge is 0.591 e. The lowest BCUT2D eigenvalue weighted by atomic mass is 10.1. The quantitative estimate of drug-likeness (QED) is 0.365. The van der Waals surface area contributed by atoms with Gasteiger partial charge in [-0.1, -0.05) is 42.8 Å². The highest BCUT2D eigenvalue weighted by atomic mass is 35.5. The van der Waals surface area contributed by atoms with Crippen LogP contribution in [0.2, 0.25) is 23.2 Å². The van der Waals surface area contributed by atoms with Gasteiger partial charge in [-0.15, -0.1) is 0 Å². The van der Waals surface area contributed by atoms with E-state index in [-0.39, 0.29) is 11.6 Å². The van der Waals surface area contributed by atoms with Crippen molar-refractivity contribution >= 4 is 37.0 Å². The minimum Gasteiger partial charge on any atom is -0.591 e. The van der Waals surface area contributed by atoms with Crippen LogP contribution in [0.15, 0.2) is 22.6 Å². The van der Waals surface area contributed by atoms with Crippen molar-refractivity contribution in [3.05, 3.63) is 34.3 Å². The van der Waals surface area contributed by atoms with E-state index < -0.39 is 24.4 Å². The summed E-state index contributed by atoms with van der Waals surface area (Å²) in [6, 6.07) is 7.16. The van der Waals surface area contributed by atoms with Gasteiger partial charge >= 0.3 is 0 Å². The third-order valence-electron chi connectivity index (χ3n) is 4.52. The van der Waals surface area contributed by atoms with Crippen LogP contribution >= 0.6 is 11.6 Å². The molecule has 1 aromatic carbocycles. The molecule has 7 heteroatoms. The Kier molecular flexibility index (Phi) is 7.54. The maximum atomic E-state index is 12.6. The summed E-state index contributed by atoms with van der Waals surface area (Å²) in [5, 5.41) is 9.48. The average molecular weight is 413 g/mol. The molecule has 26 heavy (non-hydrogen) atoms. The van der Waals surface area contributed by atoms with Crippen molar-refractivity contribution in [2.24, 2.45) is 4.40 Å². The summed E-state index contributed by atoms with van der Waals surface area (Å²) >= 11 is 4.76. The van der Waals surface area contributed by atoms with Crippen molar-refractivity contribution in [2.75, 3.05) is 6.61 Å². The molecule has 0 amide bonds. The molecule has 0 radical (unpaired) electrons. The molecule has 1 aromatic rings. The topological polar surface area (TPSA) is 68.4 Å². The Balaban J connectivity index is 3.26. The predicted octanol–water partition coefficient (Wildman–Crippen LogP) is 5.48. The first-order chi connectivity index (χ1) is 11.7. The average Bonchev–Trinajstić information content (AvgIpc) is 2.48. The van der Waals surface area contributed by atoms with Crippen LogP contribution in [0.5, 0.6) is 0 Å². The van der Waals surface area contributed by atoms with Crippen molar-refractivity contribution in [2.45, 2.75) is 64.4 Å². The van der Waals surface area contributed by atoms with E-state index in [0.717, 1.165) is 5.56 Å². The Morgan fingerprint density at radius 2 is 1.85 bits per heavy atom. The number of rotatable bonds is 5. The van der Waals surface area contributed by atoms with Crippen LogP contribution in [-0.2, 0) is 15.8 Å². The first-order valence-electron chi connectivity index (χ1n) is 8.52. The van der Waals surface area contributed by atoms with Gasteiger partial charge in [0.15, 0.2) is 8.32 Å². The Bertz CT molecular complexity index is 716. The van der Waals surface area contributed by atoms with Gasteiger partial charge in [0.1, 0.15) is 27.9 Å².